The molecular formula is C32H28Cl2FN3O4. The van der Waals surface area contributed by atoms with Crippen molar-refractivity contribution in [3.05, 3.63) is 98.8 Å². The lowest BCUT2D eigenvalue weighted by Gasteiger charge is -2.41. The molecule has 7 nitrogen and oxygen atoms in total. The number of hydrogen-bond donors (Lipinski definition) is 1. The first-order valence-electron chi connectivity index (χ1n) is 14.1. The van der Waals surface area contributed by atoms with E-state index in [0.29, 0.717) is 52.8 Å². The third-order valence-electron chi connectivity index (χ3n) is 9.33. The van der Waals surface area contributed by atoms with E-state index in [1.165, 1.54) is 13.2 Å². The number of hydrogen-bond acceptors (Lipinski definition) is 5. The van der Waals surface area contributed by atoms with E-state index < -0.39 is 29.3 Å². The average molecular weight is 608 g/mol. The first-order chi connectivity index (χ1) is 20.2. The van der Waals surface area contributed by atoms with Gasteiger partial charge in [-0.2, -0.15) is 0 Å². The number of benzene rings is 3. The number of esters is 1. The van der Waals surface area contributed by atoms with Crippen LogP contribution in [0.1, 0.15) is 57.0 Å². The van der Waals surface area contributed by atoms with Crippen molar-refractivity contribution >= 4 is 46.7 Å². The van der Waals surface area contributed by atoms with Gasteiger partial charge in [-0.1, -0.05) is 41.4 Å². The van der Waals surface area contributed by atoms with Gasteiger partial charge in [0.05, 0.1) is 23.7 Å². The Labute approximate surface area is 252 Å². The van der Waals surface area contributed by atoms with Gasteiger partial charge in [-0.05, 0) is 73.2 Å². The lowest BCUT2D eigenvalue weighted by atomic mass is 9.73. The summed E-state index contributed by atoms with van der Waals surface area (Å²) in [6.45, 7) is 1.10. The van der Waals surface area contributed by atoms with Crippen LogP contribution in [0.5, 0.6) is 0 Å². The van der Waals surface area contributed by atoms with Gasteiger partial charge in [-0.3, -0.25) is 14.5 Å². The Morgan fingerprint density at radius 1 is 1.05 bits per heavy atom. The number of carbonyl (C=O) groups excluding carboxylic acids is 3. The molecule has 4 atom stereocenters. The van der Waals surface area contributed by atoms with E-state index in [2.05, 4.69) is 10.2 Å². The number of nitrogens with zero attached hydrogens (tertiary/aromatic N) is 2. The van der Waals surface area contributed by atoms with Crippen LogP contribution in [0.3, 0.4) is 0 Å². The molecule has 1 N–H and O–H groups in total. The van der Waals surface area contributed by atoms with Crippen molar-refractivity contribution in [3.63, 3.8) is 0 Å². The molecule has 3 aliphatic heterocycles. The SMILES string of the molecule is COC(=O)c1ccc(C(=O)N2CC[C@H]3[C@@H]2[C@H](c2cccc(Cl)c2F)[C@]2(C(=O)Nc4cc(Cl)ccc42)N3CC2CC2)cc1. The van der Waals surface area contributed by atoms with Gasteiger partial charge < -0.3 is 15.0 Å². The maximum atomic E-state index is 16.1. The summed E-state index contributed by atoms with van der Waals surface area (Å²) in [4.78, 5) is 44.5. The van der Waals surface area contributed by atoms with Crippen LogP contribution >= 0.6 is 23.2 Å². The van der Waals surface area contributed by atoms with Gasteiger partial charge in [0, 0.05) is 46.9 Å². The third-order valence-corrected chi connectivity index (χ3v) is 9.86. The summed E-state index contributed by atoms with van der Waals surface area (Å²) in [6, 6.07) is 15.8. The molecule has 3 aromatic carbocycles. The maximum absolute atomic E-state index is 16.1. The molecule has 10 heteroatoms. The molecule has 3 heterocycles. The van der Waals surface area contributed by atoms with Crippen LogP contribution in [0, 0.1) is 11.7 Å². The van der Waals surface area contributed by atoms with Crippen LogP contribution in [-0.2, 0) is 15.1 Å². The van der Waals surface area contributed by atoms with E-state index in [0.717, 1.165) is 18.4 Å². The minimum absolute atomic E-state index is 0.0381. The standard InChI is InChI=1S/C32H28Cl2FN3O4/c1-42-30(40)19-9-7-18(8-10-19)29(39)37-14-13-25-28(37)26(21-3-2-4-23(34)27(21)35)32(38(25)16-17-5-6-17)22-12-11-20(33)15-24(22)36-31(32)41/h2-4,7-12,15,17,25-26,28H,5-6,13-14,16H2,1H3,(H,36,41)/t25-,26-,28+,32+/m0/s1. The number of methoxy groups -OCH3 is 1. The highest BCUT2D eigenvalue weighted by Crippen LogP contribution is 2.61. The predicted molar refractivity (Wildman–Crippen MR) is 156 cm³/mol. The fourth-order valence-electron chi connectivity index (χ4n) is 7.41. The van der Waals surface area contributed by atoms with Crippen molar-refractivity contribution in [1.82, 2.24) is 9.80 Å². The molecule has 42 heavy (non-hydrogen) atoms. The molecule has 216 valence electrons. The second-order valence-corrected chi connectivity index (χ2v) is 12.4. The number of halogens is 3. The zero-order chi connectivity index (χ0) is 29.3. The smallest absolute Gasteiger partial charge is 0.337 e. The van der Waals surface area contributed by atoms with Crippen molar-refractivity contribution < 1.29 is 23.5 Å². The molecule has 0 aromatic heterocycles. The predicted octanol–water partition coefficient (Wildman–Crippen LogP) is 5.86. The molecule has 0 unspecified atom stereocenters. The highest BCUT2D eigenvalue weighted by molar-refractivity contribution is 6.31. The van der Waals surface area contributed by atoms with E-state index in [4.69, 9.17) is 27.9 Å². The number of nitrogens with one attached hydrogen (secondary N) is 1. The summed E-state index contributed by atoms with van der Waals surface area (Å²) in [5.74, 6) is -1.91. The summed E-state index contributed by atoms with van der Waals surface area (Å²) < 4.78 is 20.9. The molecule has 7 rings (SSSR count). The Hall–Kier alpha value is -3.46. The molecule has 1 aliphatic carbocycles. The lowest BCUT2D eigenvalue weighted by Crippen LogP contribution is -2.53. The van der Waals surface area contributed by atoms with E-state index >= 15 is 4.39 Å². The van der Waals surface area contributed by atoms with Crippen molar-refractivity contribution in [2.45, 2.75) is 42.8 Å². The van der Waals surface area contributed by atoms with Crippen molar-refractivity contribution in [1.29, 1.82) is 0 Å². The maximum Gasteiger partial charge on any atom is 0.337 e. The molecule has 3 aromatic rings. The Kier molecular flexibility index (Phi) is 6.57. The quantitative estimate of drug-likeness (QED) is 0.368. The van der Waals surface area contributed by atoms with Gasteiger partial charge >= 0.3 is 5.97 Å². The summed E-state index contributed by atoms with van der Waals surface area (Å²) in [7, 11) is 1.30. The topological polar surface area (TPSA) is 79.0 Å². The Balaban J connectivity index is 1.40. The summed E-state index contributed by atoms with van der Waals surface area (Å²) in [5, 5.41) is 3.49. The van der Waals surface area contributed by atoms with Crippen LogP contribution in [0.4, 0.5) is 10.1 Å². The third kappa shape index (κ3) is 3.99. The minimum atomic E-state index is -1.27. The lowest BCUT2D eigenvalue weighted by molar-refractivity contribution is -0.128. The van der Waals surface area contributed by atoms with Gasteiger partial charge in [-0.25, -0.2) is 9.18 Å². The Bertz CT molecular complexity index is 1630. The van der Waals surface area contributed by atoms with Crippen LogP contribution in [0.2, 0.25) is 10.0 Å². The molecule has 2 saturated heterocycles. The minimum Gasteiger partial charge on any atom is -0.465 e. The average Bonchev–Trinajstić information content (AvgIpc) is 3.55. The molecule has 2 amide bonds. The van der Waals surface area contributed by atoms with Crippen LogP contribution in [0.15, 0.2) is 60.7 Å². The van der Waals surface area contributed by atoms with E-state index in [1.54, 1.807) is 53.4 Å². The Morgan fingerprint density at radius 3 is 2.50 bits per heavy atom. The molecular weight excluding hydrogens is 580 g/mol. The van der Waals surface area contributed by atoms with Crippen molar-refractivity contribution in [2.24, 2.45) is 5.92 Å². The molecule has 3 fully saturated rings. The van der Waals surface area contributed by atoms with E-state index in [1.807, 2.05) is 6.07 Å². The number of rotatable bonds is 5. The van der Waals surface area contributed by atoms with Gasteiger partial charge in [0.1, 0.15) is 11.4 Å². The van der Waals surface area contributed by atoms with Crippen LogP contribution in [-0.4, -0.2) is 59.9 Å². The number of anilines is 1. The van der Waals surface area contributed by atoms with Crippen molar-refractivity contribution in [3.8, 4) is 0 Å². The molecule has 1 spiro atoms. The van der Waals surface area contributed by atoms with Gasteiger partial charge in [0.15, 0.2) is 0 Å². The Morgan fingerprint density at radius 2 is 1.79 bits per heavy atom. The van der Waals surface area contributed by atoms with Gasteiger partial charge in [0.25, 0.3) is 5.91 Å². The highest BCUT2D eigenvalue weighted by atomic mass is 35.5. The van der Waals surface area contributed by atoms with E-state index in [9.17, 15) is 14.4 Å². The number of ether oxygens (including phenoxy) is 1. The zero-order valence-corrected chi connectivity index (χ0v) is 24.3. The molecule has 1 saturated carbocycles. The van der Waals surface area contributed by atoms with Gasteiger partial charge in [-0.15, -0.1) is 0 Å². The molecule has 4 aliphatic rings. The summed E-state index contributed by atoms with van der Waals surface area (Å²) >= 11 is 12.7. The zero-order valence-electron chi connectivity index (χ0n) is 22.8. The molecule has 0 radical (unpaired) electrons. The highest BCUT2D eigenvalue weighted by Gasteiger charge is 2.70. The largest absolute Gasteiger partial charge is 0.465 e. The number of amides is 2. The fourth-order valence-corrected chi connectivity index (χ4v) is 7.77. The van der Waals surface area contributed by atoms with E-state index in [-0.39, 0.29) is 22.9 Å². The first kappa shape index (κ1) is 27.4. The van der Waals surface area contributed by atoms with Crippen LogP contribution < -0.4 is 5.32 Å². The van der Waals surface area contributed by atoms with Crippen molar-refractivity contribution in [2.75, 3.05) is 25.5 Å². The second kappa shape index (κ2) is 10.1. The monoisotopic (exact) mass is 607 g/mol. The van der Waals surface area contributed by atoms with Gasteiger partial charge in [0.2, 0.25) is 5.91 Å². The number of likely N-dealkylation sites (tertiary alicyclic amines) is 2. The second-order valence-electron chi connectivity index (χ2n) is 11.5. The number of fused-ring (bicyclic) bond motifs is 3. The summed E-state index contributed by atoms with van der Waals surface area (Å²) in [6.07, 6.45) is 2.74. The number of carbonyl (C=O) groups is 3. The summed E-state index contributed by atoms with van der Waals surface area (Å²) in [5.41, 5.74) is 1.08. The normalized spacial score (nSPS) is 26.3. The first-order valence-corrected chi connectivity index (χ1v) is 14.8. The van der Waals surface area contributed by atoms with Crippen LogP contribution in [0.25, 0.3) is 0 Å². The molecule has 0 bridgehead atoms. The fraction of sp³-hybridized carbons (Fsp3) is 0.344.